The molecule has 20 heavy (non-hydrogen) atoms. The molecule has 0 aliphatic heterocycles. The molecule has 1 atom stereocenters. The third-order valence-electron chi connectivity index (χ3n) is 3.58. The number of hydrogen-bond donors (Lipinski definition) is 1. The van der Waals surface area contributed by atoms with Gasteiger partial charge in [0.05, 0.1) is 0 Å². The minimum atomic E-state index is -0.171. The third-order valence-corrected chi connectivity index (χ3v) is 3.58. The van der Waals surface area contributed by atoms with Crippen LogP contribution >= 0.6 is 0 Å². The molecule has 0 aromatic heterocycles. The second-order valence-corrected chi connectivity index (χ2v) is 5.19. The molecule has 0 amide bonds. The van der Waals surface area contributed by atoms with E-state index in [9.17, 15) is 4.39 Å². The van der Waals surface area contributed by atoms with Crippen LogP contribution in [-0.4, -0.2) is 6.54 Å². The second kappa shape index (κ2) is 7.20. The van der Waals surface area contributed by atoms with E-state index in [4.69, 9.17) is 0 Å². The quantitative estimate of drug-likeness (QED) is 0.820. The van der Waals surface area contributed by atoms with Crippen molar-refractivity contribution >= 4 is 0 Å². The Morgan fingerprint density at radius 3 is 2.60 bits per heavy atom. The van der Waals surface area contributed by atoms with Crippen LogP contribution < -0.4 is 5.32 Å². The van der Waals surface area contributed by atoms with Crippen molar-refractivity contribution in [3.8, 4) is 0 Å². The predicted octanol–water partition coefficient (Wildman–Crippen LogP) is 4.42. The SMILES string of the molecule is CCCNC(Cc1ccccc1C)c1cccc(F)c1. The molecule has 0 aliphatic carbocycles. The van der Waals surface area contributed by atoms with Crippen LogP contribution in [0.2, 0.25) is 0 Å². The molecule has 106 valence electrons. The zero-order chi connectivity index (χ0) is 14.4. The maximum absolute atomic E-state index is 13.4. The Labute approximate surface area is 120 Å². The molecule has 2 heteroatoms. The summed E-state index contributed by atoms with van der Waals surface area (Å²) in [5, 5.41) is 3.52. The van der Waals surface area contributed by atoms with Crippen molar-refractivity contribution in [3.63, 3.8) is 0 Å². The van der Waals surface area contributed by atoms with E-state index in [1.807, 2.05) is 6.07 Å². The summed E-state index contributed by atoms with van der Waals surface area (Å²) in [6, 6.07) is 15.4. The van der Waals surface area contributed by atoms with Gasteiger partial charge < -0.3 is 5.32 Å². The van der Waals surface area contributed by atoms with Crippen molar-refractivity contribution in [3.05, 3.63) is 71.0 Å². The van der Waals surface area contributed by atoms with Gasteiger partial charge in [-0.1, -0.05) is 43.3 Å². The molecule has 0 saturated heterocycles. The Hall–Kier alpha value is -1.67. The lowest BCUT2D eigenvalue weighted by molar-refractivity contribution is 0.523. The van der Waals surface area contributed by atoms with E-state index in [1.54, 1.807) is 12.1 Å². The molecule has 0 bridgehead atoms. The molecule has 1 nitrogen and oxygen atoms in total. The van der Waals surface area contributed by atoms with Crippen molar-refractivity contribution in [2.75, 3.05) is 6.54 Å². The van der Waals surface area contributed by atoms with Crippen molar-refractivity contribution in [1.29, 1.82) is 0 Å². The zero-order valence-electron chi connectivity index (χ0n) is 12.2. The van der Waals surface area contributed by atoms with Crippen LogP contribution in [0, 0.1) is 12.7 Å². The number of hydrogen-bond acceptors (Lipinski definition) is 1. The first-order valence-corrected chi connectivity index (χ1v) is 7.24. The maximum Gasteiger partial charge on any atom is 0.123 e. The van der Waals surface area contributed by atoms with Gasteiger partial charge in [-0.15, -0.1) is 0 Å². The molecular weight excluding hydrogens is 249 g/mol. The Bertz CT molecular complexity index is 551. The van der Waals surface area contributed by atoms with Gasteiger partial charge in [0.2, 0.25) is 0 Å². The third kappa shape index (κ3) is 3.91. The minimum Gasteiger partial charge on any atom is -0.310 e. The van der Waals surface area contributed by atoms with E-state index in [2.05, 4.69) is 43.4 Å². The summed E-state index contributed by atoms with van der Waals surface area (Å²) in [5.74, 6) is -0.171. The van der Waals surface area contributed by atoms with E-state index in [0.717, 1.165) is 24.9 Å². The molecule has 0 spiro atoms. The highest BCUT2D eigenvalue weighted by Crippen LogP contribution is 2.21. The number of benzene rings is 2. The topological polar surface area (TPSA) is 12.0 Å². The van der Waals surface area contributed by atoms with Crippen LogP contribution in [0.25, 0.3) is 0 Å². The van der Waals surface area contributed by atoms with Gasteiger partial charge >= 0.3 is 0 Å². The Morgan fingerprint density at radius 1 is 1.10 bits per heavy atom. The highest BCUT2D eigenvalue weighted by molar-refractivity contribution is 5.29. The number of nitrogens with one attached hydrogen (secondary N) is 1. The van der Waals surface area contributed by atoms with Gasteiger partial charge in [-0.25, -0.2) is 4.39 Å². The number of aryl methyl sites for hydroxylation is 1. The fourth-order valence-electron chi connectivity index (χ4n) is 2.41. The van der Waals surface area contributed by atoms with Gasteiger partial charge in [-0.3, -0.25) is 0 Å². The summed E-state index contributed by atoms with van der Waals surface area (Å²) >= 11 is 0. The molecular formula is C18H22FN. The highest BCUT2D eigenvalue weighted by atomic mass is 19.1. The minimum absolute atomic E-state index is 0.159. The Kier molecular flexibility index (Phi) is 5.31. The molecule has 2 aromatic rings. The molecule has 0 saturated carbocycles. The largest absolute Gasteiger partial charge is 0.310 e. The Balaban J connectivity index is 2.21. The summed E-state index contributed by atoms with van der Waals surface area (Å²) < 4.78 is 13.4. The first-order chi connectivity index (χ1) is 9.70. The van der Waals surface area contributed by atoms with Gasteiger partial charge in [0.25, 0.3) is 0 Å². The molecule has 2 aromatic carbocycles. The van der Waals surface area contributed by atoms with Crippen LogP contribution in [0.1, 0.15) is 36.1 Å². The molecule has 1 unspecified atom stereocenters. The molecule has 2 rings (SSSR count). The van der Waals surface area contributed by atoms with Crippen LogP contribution in [0.4, 0.5) is 4.39 Å². The lowest BCUT2D eigenvalue weighted by atomic mass is 9.96. The van der Waals surface area contributed by atoms with Crippen LogP contribution in [0.5, 0.6) is 0 Å². The standard InChI is InChI=1S/C18H22FN/c1-3-11-20-18(16-9-6-10-17(19)12-16)13-15-8-5-4-7-14(15)2/h4-10,12,18,20H,3,11,13H2,1-2H3. The van der Waals surface area contributed by atoms with E-state index >= 15 is 0 Å². The van der Waals surface area contributed by atoms with Crippen molar-refractivity contribution < 1.29 is 4.39 Å². The van der Waals surface area contributed by atoms with Gasteiger partial charge in [0.15, 0.2) is 0 Å². The van der Waals surface area contributed by atoms with Crippen molar-refractivity contribution in [2.24, 2.45) is 0 Å². The van der Waals surface area contributed by atoms with Gasteiger partial charge in [-0.2, -0.15) is 0 Å². The molecule has 0 radical (unpaired) electrons. The van der Waals surface area contributed by atoms with Crippen LogP contribution in [-0.2, 0) is 6.42 Å². The average molecular weight is 271 g/mol. The van der Waals surface area contributed by atoms with Gasteiger partial charge in [-0.05, 0) is 55.1 Å². The monoisotopic (exact) mass is 271 g/mol. The summed E-state index contributed by atoms with van der Waals surface area (Å²) in [4.78, 5) is 0. The zero-order valence-corrected chi connectivity index (χ0v) is 12.2. The number of halogens is 1. The normalized spacial score (nSPS) is 12.3. The smallest absolute Gasteiger partial charge is 0.123 e. The first kappa shape index (κ1) is 14.7. The molecule has 0 heterocycles. The van der Waals surface area contributed by atoms with E-state index in [0.29, 0.717) is 0 Å². The van der Waals surface area contributed by atoms with E-state index < -0.39 is 0 Å². The van der Waals surface area contributed by atoms with Crippen LogP contribution in [0.3, 0.4) is 0 Å². The van der Waals surface area contributed by atoms with Crippen molar-refractivity contribution in [1.82, 2.24) is 5.32 Å². The average Bonchev–Trinajstić information content (AvgIpc) is 2.45. The Morgan fingerprint density at radius 2 is 1.90 bits per heavy atom. The fraction of sp³-hybridized carbons (Fsp3) is 0.333. The van der Waals surface area contributed by atoms with E-state index in [-0.39, 0.29) is 11.9 Å². The van der Waals surface area contributed by atoms with E-state index in [1.165, 1.54) is 17.2 Å². The summed E-state index contributed by atoms with van der Waals surface area (Å²) in [7, 11) is 0. The summed E-state index contributed by atoms with van der Waals surface area (Å²) in [5.41, 5.74) is 3.61. The second-order valence-electron chi connectivity index (χ2n) is 5.19. The van der Waals surface area contributed by atoms with Gasteiger partial charge in [0, 0.05) is 6.04 Å². The maximum atomic E-state index is 13.4. The number of rotatable bonds is 6. The predicted molar refractivity (Wildman–Crippen MR) is 82.3 cm³/mol. The lowest BCUT2D eigenvalue weighted by Gasteiger charge is -2.20. The molecule has 0 fully saturated rings. The highest BCUT2D eigenvalue weighted by Gasteiger charge is 2.13. The van der Waals surface area contributed by atoms with Gasteiger partial charge in [0.1, 0.15) is 5.82 Å². The molecule has 1 N–H and O–H groups in total. The van der Waals surface area contributed by atoms with Crippen LogP contribution in [0.15, 0.2) is 48.5 Å². The fourth-order valence-corrected chi connectivity index (χ4v) is 2.41. The summed E-state index contributed by atoms with van der Waals surface area (Å²) in [6.45, 7) is 5.20. The molecule has 0 aliphatic rings. The first-order valence-electron chi connectivity index (χ1n) is 7.24. The lowest BCUT2D eigenvalue weighted by Crippen LogP contribution is -2.24. The van der Waals surface area contributed by atoms with Crippen molar-refractivity contribution in [2.45, 2.75) is 32.7 Å². The summed E-state index contributed by atoms with van der Waals surface area (Å²) in [6.07, 6.45) is 1.95.